The van der Waals surface area contributed by atoms with Crippen LogP contribution in [0, 0.1) is 11.3 Å². The number of nitriles is 1. The van der Waals surface area contributed by atoms with E-state index < -0.39 is 0 Å². The van der Waals surface area contributed by atoms with Crippen molar-refractivity contribution >= 4 is 27.5 Å². The Kier molecular flexibility index (Phi) is 5.02. The molecule has 0 atom stereocenters. The summed E-state index contributed by atoms with van der Waals surface area (Å²) in [5.41, 5.74) is 1.51. The van der Waals surface area contributed by atoms with Gasteiger partial charge in [0.2, 0.25) is 0 Å². The molecule has 3 nitrogen and oxygen atoms in total. The molecule has 0 fully saturated rings. The van der Waals surface area contributed by atoms with Crippen molar-refractivity contribution in [3.63, 3.8) is 0 Å². The maximum atomic E-state index is 9.22. The molecule has 20 heavy (non-hydrogen) atoms. The molecule has 0 spiro atoms. The fraction of sp³-hybridized carbons (Fsp3) is 0.133. The lowest BCUT2D eigenvalue weighted by Crippen LogP contribution is -2.05. The zero-order valence-corrected chi connectivity index (χ0v) is 13.1. The summed E-state index contributed by atoms with van der Waals surface area (Å²) < 4.78 is 6.60. The van der Waals surface area contributed by atoms with Crippen LogP contribution in [0.1, 0.15) is 11.1 Å². The van der Waals surface area contributed by atoms with E-state index in [-0.39, 0.29) is 0 Å². The number of nitrogens with zero attached hydrogens (tertiary/aromatic N) is 1. The van der Waals surface area contributed by atoms with Crippen LogP contribution in [0.2, 0.25) is 5.02 Å². The quantitative estimate of drug-likeness (QED) is 0.883. The van der Waals surface area contributed by atoms with E-state index in [0.717, 1.165) is 10.0 Å². The van der Waals surface area contributed by atoms with E-state index in [1.54, 1.807) is 24.3 Å². The third kappa shape index (κ3) is 3.51. The molecule has 0 heterocycles. The Bertz CT molecular complexity index is 667. The van der Waals surface area contributed by atoms with E-state index in [9.17, 15) is 5.26 Å². The Balaban J connectivity index is 2.34. The second-order valence-corrected chi connectivity index (χ2v) is 5.47. The number of nitrogens with one attached hydrogen (secondary N) is 1. The number of hydrogen-bond donors (Lipinski definition) is 1. The van der Waals surface area contributed by atoms with E-state index in [2.05, 4.69) is 27.3 Å². The van der Waals surface area contributed by atoms with Gasteiger partial charge in [-0.2, -0.15) is 5.26 Å². The molecule has 0 amide bonds. The third-order valence-electron chi connectivity index (χ3n) is 2.66. The number of halogens is 2. The highest BCUT2D eigenvalue weighted by Crippen LogP contribution is 2.33. The lowest BCUT2D eigenvalue weighted by molar-refractivity contribution is 0.480. The largest absolute Gasteiger partial charge is 0.454 e. The number of ether oxygens (including phenoxy) is 1. The summed E-state index contributed by atoms with van der Waals surface area (Å²) in [4.78, 5) is 0. The Hall–Kier alpha value is -1.54. The molecule has 0 radical (unpaired) electrons. The minimum absolute atomic E-state index is 0.480. The maximum Gasteiger partial charge on any atom is 0.147 e. The van der Waals surface area contributed by atoms with Gasteiger partial charge in [-0.3, -0.25) is 0 Å². The van der Waals surface area contributed by atoms with Crippen molar-refractivity contribution in [2.75, 3.05) is 7.05 Å². The molecule has 0 unspecified atom stereocenters. The zero-order valence-electron chi connectivity index (χ0n) is 10.8. The second kappa shape index (κ2) is 6.76. The number of hydrogen-bond acceptors (Lipinski definition) is 3. The predicted octanol–water partition coefficient (Wildman–Crippen LogP) is 4.49. The van der Waals surface area contributed by atoms with E-state index >= 15 is 0 Å². The Morgan fingerprint density at radius 2 is 2.05 bits per heavy atom. The van der Waals surface area contributed by atoms with Crippen LogP contribution < -0.4 is 10.1 Å². The minimum Gasteiger partial charge on any atom is -0.454 e. The summed E-state index contributed by atoms with van der Waals surface area (Å²) in [6.45, 7) is 0.701. The lowest BCUT2D eigenvalue weighted by atomic mass is 10.1. The number of benzene rings is 2. The molecule has 5 heteroatoms. The van der Waals surface area contributed by atoms with Crippen molar-refractivity contribution in [3.8, 4) is 17.6 Å². The van der Waals surface area contributed by atoms with Crippen LogP contribution in [-0.2, 0) is 6.54 Å². The molecule has 0 bridgehead atoms. The van der Waals surface area contributed by atoms with Crippen molar-refractivity contribution in [1.82, 2.24) is 5.32 Å². The van der Waals surface area contributed by atoms with Gasteiger partial charge in [-0.25, -0.2) is 0 Å². The summed E-state index contributed by atoms with van der Waals surface area (Å²) in [5, 5.41) is 12.8. The average molecular weight is 352 g/mol. The standard InChI is InChI=1S/C15H12BrClN2O/c1-19-9-10-2-5-14(11(6-10)8-18)20-15-7-12(16)3-4-13(15)17/h2-7,19H,9H2,1H3. The van der Waals surface area contributed by atoms with Gasteiger partial charge in [0.25, 0.3) is 0 Å². The van der Waals surface area contributed by atoms with Crippen LogP contribution in [0.4, 0.5) is 0 Å². The highest BCUT2D eigenvalue weighted by molar-refractivity contribution is 9.10. The molecule has 0 aromatic heterocycles. The van der Waals surface area contributed by atoms with Crippen molar-refractivity contribution in [3.05, 3.63) is 57.0 Å². The first-order valence-corrected chi connectivity index (χ1v) is 7.11. The van der Waals surface area contributed by atoms with Crippen LogP contribution >= 0.6 is 27.5 Å². The maximum absolute atomic E-state index is 9.22. The molecular formula is C15H12BrClN2O. The molecule has 102 valence electrons. The fourth-order valence-corrected chi connectivity index (χ4v) is 2.24. The fourth-order valence-electron chi connectivity index (χ4n) is 1.74. The first kappa shape index (κ1) is 14.9. The lowest BCUT2D eigenvalue weighted by Gasteiger charge is -2.10. The normalized spacial score (nSPS) is 10.1. The summed E-state index contributed by atoms with van der Waals surface area (Å²) >= 11 is 9.45. The van der Waals surface area contributed by atoms with E-state index in [4.69, 9.17) is 16.3 Å². The average Bonchev–Trinajstić information content (AvgIpc) is 2.44. The van der Waals surface area contributed by atoms with Gasteiger partial charge in [0.05, 0.1) is 10.6 Å². The first-order valence-electron chi connectivity index (χ1n) is 5.94. The van der Waals surface area contributed by atoms with Gasteiger partial charge >= 0.3 is 0 Å². The highest BCUT2D eigenvalue weighted by Gasteiger charge is 2.09. The molecule has 0 aliphatic heterocycles. The van der Waals surface area contributed by atoms with Crippen LogP contribution in [0.15, 0.2) is 40.9 Å². The topological polar surface area (TPSA) is 45.0 Å². The summed E-state index contributed by atoms with van der Waals surface area (Å²) in [6, 6.07) is 13.0. The summed E-state index contributed by atoms with van der Waals surface area (Å²) in [5.74, 6) is 1.01. The van der Waals surface area contributed by atoms with Gasteiger partial charge in [0.1, 0.15) is 17.6 Å². The molecule has 0 saturated carbocycles. The van der Waals surface area contributed by atoms with Gasteiger partial charge in [0, 0.05) is 11.0 Å². The smallest absolute Gasteiger partial charge is 0.147 e. The van der Waals surface area contributed by atoms with Crippen molar-refractivity contribution in [2.45, 2.75) is 6.54 Å². The molecule has 1 N–H and O–H groups in total. The molecule has 2 rings (SSSR count). The second-order valence-electron chi connectivity index (χ2n) is 4.15. The Morgan fingerprint density at radius 3 is 2.75 bits per heavy atom. The third-order valence-corrected chi connectivity index (χ3v) is 3.46. The van der Waals surface area contributed by atoms with Gasteiger partial charge in [-0.1, -0.05) is 33.6 Å². The van der Waals surface area contributed by atoms with E-state index in [1.807, 2.05) is 19.2 Å². The Morgan fingerprint density at radius 1 is 1.25 bits per heavy atom. The molecule has 2 aromatic rings. The molecule has 0 aliphatic carbocycles. The van der Waals surface area contributed by atoms with Gasteiger partial charge in [-0.15, -0.1) is 0 Å². The van der Waals surface area contributed by atoms with E-state index in [0.29, 0.717) is 28.6 Å². The first-order chi connectivity index (χ1) is 9.63. The van der Waals surface area contributed by atoms with Crippen molar-refractivity contribution in [1.29, 1.82) is 5.26 Å². The number of rotatable bonds is 4. The van der Waals surface area contributed by atoms with Crippen molar-refractivity contribution in [2.24, 2.45) is 0 Å². The molecule has 0 aliphatic rings. The molecular weight excluding hydrogens is 340 g/mol. The highest BCUT2D eigenvalue weighted by atomic mass is 79.9. The van der Waals surface area contributed by atoms with Crippen LogP contribution in [0.25, 0.3) is 0 Å². The Labute approximate surface area is 131 Å². The summed E-state index contributed by atoms with van der Waals surface area (Å²) in [7, 11) is 1.86. The van der Waals surface area contributed by atoms with E-state index in [1.165, 1.54) is 0 Å². The predicted molar refractivity (Wildman–Crippen MR) is 83.1 cm³/mol. The summed E-state index contributed by atoms with van der Waals surface area (Å²) in [6.07, 6.45) is 0. The SMILES string of the molecule is CNCc1ccc(Oc2cc(Br)ccc2Cl)c(C#N)c1. The molecule has 0 saturated heterocycles. The minimum atomic E-state index is 0.480. The van der Waals surface area contributed by atoms with Crippen LogP contribution in [-0.4, -0.2) is 7.05 Å². The zero-order chi connectivity index (χ0) is 14.5. The van der Waals surface area contributed by atoms with Crippen molar-refractivity contribution < 1.29 is 4.74 Å². The van der Waals surface area contributed by atoms with Gasteiger partial charge < -0.3 is 10.1 Å². The van der Waals surface area contributed by atoms with Gasteiger partial charge in [-0.05, 0) is 42.9 Å². The molecule has 2 aromatic carbocycles. The van der Waals surface area contributed by atoms with Crippen LogP contribution in [0.5, 0.6) is 11.5 Å². The van der Waals surface area contributed by atoms with Crippen LogP contribution in [0.3, 0.4) is 0 Å². The van der Waals surface area contributed by atoms with Gasteiger partial charge in [0.15, 0.2) is 0 Å². The monoisotopic (exact) mass is 350 g/mol.